The number of fused-ring (bicyclic) bond motifs is 3. The van der Waals surface area contributed by atoms with Gasteiger partial charge in [-0.1, -0.05) is 23.8 Å². The Hall–Kier alpha value is -1.86. The van der Waals surface area contributed by atoms with E-state index >= 15 is 0 Å². The average Bonchev–Trinajstić information content (AvgIpc) is 3.07. The van der Waals surface area contributed by atoms with E-state index in [4.69, 9.17) is 0 Å². The fourth-order valence-corrected chi connectivity index (χ4v) is 6.86. The summed E-state index contributed by atoms with van der Waals surface area (Å²) >= 11 is 0. The quantitative estimate of drug-likeness (QED) is 0.836. The SMILES string of the molecule is Cc1ccc(S(=O)(=O)C23CCNC2CCc2cc(C(F)(F)F)ccc23)cc1. The number of hydrogen-bond donors (Lipinski definition) is 1. The van der Waals surface area contributed by atoms with Gasteiger partial charge in [0.05, 0.1) is 10.5 Å². The summed E-state index contributed by atoms with van der Waals surface area (Å²) in [4.78, 5) is 0.217. The van der Waals surface area contributed by atoms with Crippen LogP contribution >= 0.6 is 0 Å². The highest BCUT2D eigenvalue weighted by Crippen LogP contribution is 2.50. The molecule has 4 rings (SSSR count). The largest absolute Gasteiger partial charge is 0.416 e. The molecule has 144 valence electrons. The number of nitrogens with one attached hydrogen (secondary N) is 1. The second-order valence-electron chi connectivity index (χ2n) is 7.37. The summed E-state index contributed by atoms with van der Waals surface area (Å²) in [5.41, 5.74) is 1.22. The predicted octanol–water partition coefficient (Wildman–Crippen LogP) is 3.99. The van der Waals surface area contributed by atoms with E-state index in [0.717, 1.165) is 17.7 Å². The van der Waals surface area contributed by atoms with Crippen molar-refractivity contribution in [2.75, 3.05) is 6.54 Å². The Morgan fingerprint density at radius 1 is 1.11 bits per heavy atom. The number of rotatable bonds is 2. The summed E-state index contributed by atoms with van der Waals surface area (Å²) in [5.74, 6) is 0. The minimum atomic E-state index is -4.44. The van der Waals surface area contributed by atoms with Crippen molar-refractivity contribution in [2.24, 2.45) is 0 Å². The average molecular weight is 395 g/mol. The van der Waals surface area contributed by atoms with Crippen LogP contribution in [-0.2, 0) is 27.2 Å². The van der Waals surface area contributed by atoms with Crippen LogP contribution in [0.15, 0.2) is 47.4 Å². The Morgan fingerprint density at radius 2 is 1.81 bits per heavy atom. The molecule has 1 saturated heterocycles. The van der Waals surface area contributed by atoms with Gasteiger partial charge in [-0.05, 0) is 68.1 Å². The monoisotopic (exact) mass is 395 g/mol. The van der Waals surface area contributed by atoms with E-state index in [0.29, 0.717) is 36.9 Å². The molecule has 2 atom stereocenters. The van der Waals surface area contributed by atoms with Gasteiger partial charge in [0.25, 0.3) is 0 Å². The molecule has 0 aromatic heterocycles. The summed E-state index contributed by atoms with van der Waals surface area (Å²) in [5, 5.41) is 3.27. The highest BCUT2D eigenvalue weighted by molar-refractivity contribution is 7.92. The third-order valence-corrected chi connectivity index (χ3v) is 8.41. The van der Waals surface area contributed by atoms with Crippen molar-refractivity contribution in [1.29, 1.82) is 0 Å². The first-order valence-corrected chi connectivity index (χ1v) is 10.4. The summed E-state index contributed by atoms with van der Waals surface area (Å²) in [6.07, 6.45) is -3.16. The molecule has 27 heavy (non-hydrogen) atoms. The van der Waals surface area contributed by atoms with E-state index in [1.807, 2.05) is 6.92 Å². The molecule has 3 nitrogen and oxygen atoms in total. The first-order valence-electron chi connectivity index (χ1n) is 8.91. The molecule has 1 fully saturated rings. The summed E-state index contributed by atoms with van der Waals surface area (Å²) in [7, 11) is -3.78. The van der Waals surface area contributed by atoms with Crippen LogP contribution in [0.2, 0.25) is 0 Å². The van der Waals surface area contributed by atoms with Crippen LogP contribution < -0.4 is 5.32 Å². The molecule has 0 bridgehead atoms. The van der Waals surface area contributed by atoms with Crippen molar-refractivity contribution in [3.63, 3.8) is 0 Å². The molecule has 1 aliphatic heterocycles. The second-order valence-corrected chi connectivity index (χ2v) is 9.58. The van der Waals surface area contributed by atoms with Gasteiger partial charge in [0.1, 0.15) is 4.75 Å². The Balaban J connectivity index is 1.92. The number of alkyl halides is 3. The van der Waals surface area contributed by atoms with Crippen molar-refractivity contribution < 1.29 is 21.6 Å². The van der Waals surface area contributed by atoms with Gasteiger partial charge in [0, 0.05) is 6.04 Å². The number of halogens is 3. The van der Waals surface area contributed by atoms with Gasteiger partial charge in [-0.3, -0.25) is 0 Å². The van der Waals surface area contributed by atoms with Crippen LogP contribution in [0.1, 0.15) is 35.1 Å². The van der Waals surface area contributed by atoms with Crippen LogP contribution in [0.4, 0.5) is 13.2 Å². The van der Waals surface area contributed by atoms with Crippen LogP contribution in [0.3, 0.4) is 0 Å². The van der Waals surface area contributed by atoms with Gasteiger partial charge in [-0.25, -0.2) is 8.42 Å². The first-order chi connectivity index (χ1) is 12.7. The fourth-order valence-electron chi connectivity index (χ4n) is 4.51. The lowest BCUT2D eigenvalue weighted by atomic mass is 9.78. The van der Waals surface area contributed by atoms with Crippen molar-refractivity contribution in [2.45, 2.75) is 48.0 Å². The molecule has 1 heterocycles. The van der Waals surface area contributed by atoms with Gasteiger partial charge >= 0.3 is 6.18 Å². The van der Waals surface area contributed by atoms with Crippen LogP contribution in [0, 0.1) is 6.92 Å². The topological polar surface area (TPSA) is 46.2 Å². The predicted molar refractivity (Wildman–Crippen MR) is 96.2 cm³/mol. The lowest BCUT2D eigenvalue weighted by Gasteiger charge is -2.40. The lowest BCUT2D eigenvalue weighted by molar-refractivity contribution is -0.137. The molecule has 0 saturated carbocycles. The molecule has 2 aromatic carbocycles. The van der Waals surface area contributed by atoms with Gasteiger partial charge in [-0.2, -0.15) is 13.2 Å². The van der Waals surface area contributed by atoms with E-state index in [1.165, 1.54) is 6.07 Å². The molecule has 2 aliphatic rings. The smallest absolute Gasteiger partial charge is 0.312 e. The summed E-state index contributed by atoms with van der Waals surface area (Å²) < 4.78 is 65.5. The standard InChI is InChI=1S/C20H20F3NO2S/c1-13-2-6-16(7-3-13)27(25,26)19-10-11-24-18(19)9-4-14-12-15(20(21,22)23)5-8-17(14)19/h2-3,5-8,12,18,24H,4,9-11H2,1H3. The van der Waals surface area contributed by atoms with Gasteiger partial charge < -0.3 is 5.32 Å². The highest BCUT2D eigenvalue weighted by atomic mass is 32.2. The molecule has 2 unspecified atom stereocenters. The third-order valence-electron chi connectivity index (χ3n) is 5.85. The van der Waals surface area contributed by atoms with Crippen molar-refractivity contribution >= 4 is 9.84 Å². The molecule has 0 spiro atoms. The summed E-state index contributed by atoms with van der Waals surface area (Å²) in [6, 6.07) is 9.88. The zero-order valence-corrected chi connectivity index (χ0v) is 15.6. The molecule has 1 N–H and O–H groups in total. The maximum Gasteiger partial charge on any atom is 0.416 e. The second kappa shape index (κ2) is 6.07. The molecule has 0 amide bonds. The minimum Gasteiger partial charge on any atom is -0.312 e. The maximum absolute atomic E-state index is 13.7. The molecule has 7 heteroatoms. The fraction of sp³-hybridized carbons (Fsp3) is 0.400. The van der Waals surface area contributed by atoms with E-state index in [-0.39, 0.29) is 10.9 Å². The van der Waals surface area contributed by atoms with E-state index in [1.54, 1.807) is 24.3 Å². The number of aryl methyl sites for hydroxylation is 2. The molecular weight excluding hydrogens is 375 g/mol. The number of sulfone groups is 1. The number of benzene rings is 2. The third kappa shape index (κ3) is 2.70. The Bertz CT molecular complexity index is 983. The number of hydrogen-bond acceptors (Lipinski definition) is 3. The highest BCUT2D eigenvalue weighted by Gasteiger charge is 2.57. The minimum absolute atomic E-state index is 0.217. The Labute approximate surface area is 156 Å². The van der Waals surface area contributed by atoms with E-state index in [9.17, 15) is 21.6 Å². The van der Waals surface area contributed by atoms with Crippen LogP contribution in [0.25, 0.3) is 0 Å². The van der Waals surface area contributed by atoms with Crippen molar-refractivity contribution in [3.05, 3.63) is 64.7 Å². The summed E-state index contributed by atoms with van der Waals surface area (Å²) in [6.45, 7) is 2.40. The lowest BCUT2D eigenvalue weighted by Crippen LogP contribution is -2.49. The molecule has 2 aromatic rings. The Morgan fingerprint density at radius 3 is 2.48 bits per heavy atom. The molecule has 0 radical (unpaired) electrons. The maximum atomic E-state index is 13.7. The van der Waals surface area contributed by atoms with Crippen molar-refractivity contribution in [1.82, 2.24) is 5.32 Å². The normalized spacial score (nSPS) is 25.1. The van der Waals surface area contributed by atoms with Gasteiger partial charge in [-0.15, -0.1) is 0 Å². The van der Waals surface area contributed by atoms with Crippen molar-refractivity contribution in [3.8, 4) is 0 Å². The molecule has 1 aliphatic carbocycles. The van der Waals surface area contributed by atoms with E-state index < -0.39 is 26.3 Å². The van der Waals surface area contributed by atoms with Crippen LogP contribution in [-0.4, -0.2) is 21.0 Å². The van der Waals surface area contributed by atoms with Gasteiger partial charge in [0.15, 0.2) is 9.84 Å². The van der Waals surface area contributed by atoms with Gasteiger partial charge in [0.2, 0.25) is 0 Å². The zero-order chi connectivity index (χ0) is 19.4. The Kier molecular flexibility index (Phi) is 4.16. The van der Waals surface area contributed by atoms with E-state index in [2.05, 4.69) is 5.32 Å². The van der Waals surface area contributed by atoms with Crippen LogP contribution in [0.5, 0.6) is 0 Å². The molecular formula is C20H20F3NO2S. The first kappa shape index (κ1) is 18.5. The zero-order valence-electron chi connectivity index (χ0n) is 14.8.